The average Bonchev–Trinajstić information content (AvgIpc) is 3.27. The summed E-state index contributed by atoms with van der Waals surface area (Å²) in [5, 5.41) is 3.98. The molecular formula is C21H18ClF4N3O. The van der Waals surface area contributed by atoms with Crippen molar-refractivity contribution in [1.82, 2.24) is 15.1 Å². The number of fused-ring (bicyclic) bond motifs is 1. The molecule has 0 unspecified atom stereocenters. The van der Waals surface area contributed by atoms with Crippen molar-refractivity contribution in [1.29, 1.82) is 0 Å². The Bertz CT molecular complexity index is 1210. The minimum absolute atomic E-state index is 0. The summed E-state index contributed by atoms with van der Waals surface area (Å²) >= 11 is 0. The van der Waals surface area contributed by atoms with E-state index < -0.39 is 17.6 Å². The number of benzene rings is 2. The van der Waals surface area contributed by atoms with Gasteiger partial charge in [-0.15, -0.1) is 12.4 Å². The first kappa shape index (κ1) is 21.8. The van der Waals surface area contributed by atoms with Crippen molar-refractivity contribution in [3.05, 3.63) is 59.5 Å². The number of H-pyrrole nitrogens is 1. The summed E-state index contributed by atoms with van der Waals surface area (Å²) in [7, 11) is 0. The number of aromatic nitrogens is 3. The summed E-state index contributed by atoms with van der Waals surface area (Å²) in [6.45, 7) is 5.82. The molecule has 2 aromatic heterocycles. The maximum atomic E-state index is 14.2. The van der Waals surface area contributed by atoms with Crippen LogP contribution < -0.4 is 0 Å². The summed E-state index contributed by atoms with van der Waals surface area (Å²) in [6, 6.07) is 9.67. The molecule has 158 valence electrons. The predicted octanol–water partition coefficient (Wildman–Crippen LogP) is 6.76. The fourth-order valence-corrected chi connectivity index (χ4v) is 3.04. The molecule has 0 aliphatic heterocycles. The van der Waals surface area contributed by atoms with Gasteiger partial charge in [0.05, 0.1) is 16.8 Å². The van der Waals surface area contributed by atoms with Gasteiger partial charge in [-0.05, 0) is 23.8 Å². The van der Waals surface area contributed by atoms with Gasteiger partial charge in [-0.25, -0.2) is 9.37 Å². The highest BCUT2D eigenvalue weighted by atomic mass is 35.5. The van der Waals surface area contributed by atoms with E-state index in [1.54, 1.807) is 12.1 Å². The molecule has 9 heteroatoms. The van der Waals surface area contributed by atoms with Crippen LogP contribution in [0.2, 0.25) is 0 Å². The molecule has 2 aromatic carbocycles. The maximum absolute atomic E-state index is 14.2. The van der Waals surface area contributed by atoms with E-state index in [2.05, 4.69) is 15.1 Å². The van der Waals surface area contributed by atoms with E-state index in [1.165, 1.54) is 24.3 Å². The molecule has 2 heterocycles. The Labute approximate surface area is 175 Å². The number of imidazole rings is 1. The Morgan fingerprint density at radius 1 is 1.00 bits per heavy atom. The smallest absolute Gasteiger partial charge is 0.353 e. The third kappa shape index (κ3) is 3.92. The number of aromatic amines is 1. The van der Waals surface area contributed by atoms with Crippen molar-refractivity contribution >= 4 is 23.4 Å². The van der Waals surface area contributed by atoms with Gasteiger partial charge in [0.1, 0.15) is 11.3 Å². The van der Waals surface area contributed by atoms with Crippen LogP contribution in [0.5, 0.6) is 0 Å². The lowest BCUT2D eigenvalue weighted by molar-refractivity contribution is -0.136. The van der Waals surface area contributed by atoms with Gasteiger partial charge in [0.25, 0.3) is 0 Å². The van der Waals surface area contributed by atoms with Crippen molar-refractivity contribution < 1.29 is 22.1 Å². The van der Waals surface area contributed by atoms with Crippen LogP contribution in [0.1, 0.15) is 32.0 Å². The van der Waals surface area contributed by atoms with E-state index in [9.17, 15) is 17.6 Å². The van der Waals surface area contributed by atoms with Crippen molar-refractivity contribution in [3.63, 3.8) is 0 Å². The molecule has 30 heavy (non-hydrogen) atoms. The van der Waals surface area contributed by atoms with Crippen LogP contribution in [0.15, 0.2) is 47.0 Å². The third-order valence-corrected chi connectivity index (χ3v) is 4.59. The zero-order valence-corrected chi connectivity index (χ0v) is 17.1. The number of hydrogen-bond donors (Lipinski definition) is 1. The highest BCUT2D eigenvalue weighted by molar-refractivity contribution is 5.87. The molecule has 0 aliphatic carbocycles. The number of nitrogens with zero attached hydrogens (tertiary/aromatic N) is 2. The standard InChI is InChI=1S/C21H17F4N3O.ClH/c1-20(2,3)17-10-16(29-28-17)19-26-15-9-11(12-6-4-5-7-14(12)22)8-13(18(15)27-19)21(23,24)25;/h4-10H,1-3H3,(H,26,27);1H. The first-order chi connectivity index (χ1) is 13.5. The second-order valence-corrected chi connectivity index (χ2v) is 7.81. The van der Waals surface area contributed by atoms with Crippen LogP contribution in [-0.2, 0) is 11.6 Å². The number of hydrogen-bond acceptors (Lipinski definition) is 3. The van der Waals surface area contributed by atoms with Gasteiger partial charge in [-0.3, -0.25) is 0 Å². The fourth-order valence-electron chi connectivity index (χ4n) is 3.04. The second kappa shape index (κ2) is 7.43. The minimum Gasteiger partial charge on any atom is -0.353 e. The molecule has 4 nitrogen and oxygen atoms in total. The van der Waals surface area contributed by atoms with Gasteiger partial charge >= 0.3 is 6.18 Å². The van der Waals surface area contributed by atoms with Crippen LogP contribution in [0, 0.1) is 5.82 Å². The Balaban J connectivity index is 0.00000256. The van der Waals surface area contributed by atoms with Gasteiger partial charge in [-0.1, -0.05) is 44.1 Å². The van der Waals surface area contributed by atoms with Crippen molar-refractivity contribution in [2.45, 2.75) is 32.4 Å². The zero-order chi connectivity index (χ0) is 21.0. The van der Waals surface area contributed by atoms with E-state index in [0.717, 1.165) is 6.07 Å². The maximum Gasteiger partial charge on any atom is 0.418 e. The Morgan fingerprint density at radius 2 is 1.70 bits per heavy atom. The molecule has 0 aliphatic rings. The summed E-state index contributed by atoms with van der Waals surface area (Å²) in [6.07, 6.45) is -4.66. The molecule has 0 atom stereocenters. The van der Waals surface area contributed by atoms with Crippen molar-refractivity contribution in [3.8, 4) is 22.7 Å². The lowest BCUT2D eigenvalue weighted by atomic mass is 9.92. The average molecular weight is 440 g/mol. The molecule has 0 fully saturated rings. The molecule has 0 saturated carbocycles. The molecule has 4 aromatic rings. The number of nitrogens with one attached hydrogen (secondary N) is 1. The van der Waals surface area contributed by atoms with Crippen LogP contribution in [0.3, 0.4) is 0 Å². The summed E-state index contributed by atoms with van der Waals surface area (Å²) in [4.78, 5) is 6.95. The summed E-state index contributed by atoms with van der Waals surface area (Å²) < 4.78 is 60.5. The quantitative estimate of drug-likeness (QED) is 0.351. The van der Waals surface area contributed by atoms with Crippen LogP contribution in [0.25, 0.3) is 33.7 Å². The van der Waals surface area contributed by atoms with E-state index in [0.29, 0.717) is 5.69 Å². The lowest BCUT2D eigenvalue weighted by Crippen LogP contribution is -2.10. The van der Waals surface area contributed by atoms with Crippen LogP contribution in [0.4, 0.5) is 17.6 Å². The zero-order valence-electron chi connectivity index (χ0n) is 16.3. The summed E-state index contributed by atoms with van der Waals surface area (Å²) in [5.74, 6) is -0.254. The molecule has 0 amide bonds. The highest BCUT2D eigenvalue weighted by Crippen LogP contribution is 2.39. The summed E-state index contributed by atoms with van der Waals surface area (Å²) in [5.41, 5.74) is -0.551. The monoisotopic (exact) mass is 439 g/mol. The first-order valence-corrected chi connectivity index (χ1v) is 8.87. The van der Waals surface area contributed by atoms with Crippen molar-refractivity contribution in [2.75, 3.05) is 0 Å². The molecule has 0 bridgehead atoms. The fraction of sp³-hybridized carbons (Fsp3) is 0.238. The van der Waals surface area contributed by atoms with Gasteiger partial charge in [-0.2, -0.15) is 13.2 Å². The van der Waals surface area contributed by atoms with E-state index in [1.807, 2.05) is 20.8 Å². The lowest BCUT2D eigenvalue weighted by Gasteiger charge is -2.12. The molecule has 0 radical (unpaired) electrons. The van der Waals surface area contributed by atoms with Gasteiger partial charge in [0.2, 0.25) is 5.76 Å². The molecular weight excluding hydrogens is 422 g/mol. The largest absolute Gasteiger partial charge is 0.418 e. The van der Waals surface area contributed by atoms with E-state index >= 15 is 0 Å². The predicted molar refractivity (Wildman–Crippen MR) is 108 cm³/mol. The molecule has 0 spiro atoms. The number of halogens is 5. The minimum atomic E-state index is -4.66. The number of rotatable bonds is 2. The molecule has 4 rings (SSSR count). The topological polar surface area (TPSA) is 54.7 Å². The number of alkyl halides is 3. The molecule has 0 saturated heterocycles. The Kier molecular flexibility index (Phi) is 5.41. The SMILES string of the molecule is CC(C)(C)c1cc(-c2nc3c(C(F)(F)F)cc(-c4ccccc4F)cc3[nH]2)on1.Cl. The first-order valence-electron chi connectivity index (χ1n) is 8.87. The second-order valence-electron chi connectivity index (χ2n) is 7.81. The third-order valence-electron chi connectivity index (χ3n) is 4.59. The van der Waals surface area contributed by atoms with Gasteiger partial charge in [0, 0.05) is 17.0 Å². The Morgan fingerprint density at radius 3 is 2.30 bits per heavy atom. The van der Waals surface area contributed by atoms with Gasteiger partial charge in [0.15, 0.2) is 5.82 Å². The molecule has 1 N–H and O–H groups in total. The normalized spacial score (nSPS) is 12.2. The van der Waals surface area contributed by atoms with E-state index in [-0.39, 0.29) is 51.6 Å². The van der Waals surface area contributed by atoms with Gasteiger partial charge < -0.3 is 9.51 Å². The van der Waals surface area contributed by atoms with Crippen molar-refractivity contribution in [2.24, 2.45) is 0 Å². The van der Waals surface area contributed by atoms with Crippen LogP contribution >= 0.6 is 12.4 Å². The Hall–Kier alpha value is -2.87. The highest BCUT2D eigenvalue weighted by Gasteiger charge is 2.35. The van der Waals surface area contributed by atoms with Crippen LogP contribution in [-0.4, -0.2) is 15.1 Å². The van der Waals surface area contributed by atoms with E-state index in [4.69, 9.17) is 4.52 Å².